The average molecular weight is 312 g/mol. The lowest BCUT2D eigenvalue weighted by Gasteiger charge is -2.53. The van der Waals surface area contributed by atoms with Crippen LogP contribution in [0.2, 0.25) is 0 Å². The molecule has 0 radical (unpaired) electrons. The number of imidazole rings is 1. The first-order valence-corrected chi connectivity index (χ1v) is 8.68. The number of para-hydroxylation sites is 1. The number of aromatic nitrogens is 2. The van der Waals surface area contributed by atoms with Crippen molar-refractivity contribution in [1.82, 2.24) is 14.9 Å². The number of H-pyrrole nitrogens is 1. The molecule has 2 aromatic rings. The zero-order valence-corrected chi connectivity index (χ0v) is 13.6. The highest BCUT2D eigenvalue weighted by molar-refractivity contribution is 6.04. The van der Waals surface area contributed by atoms with E-state index in [9.17, 15) is 4.79 Å². The van der Waals surface area contributed by atoms with Crippen LogP contribution in [0.25, 0.3) is 11.0 Å². The molecule has 3 fully saturated rings. The SMILES string of the molecule is CCCN1CC2CCC1(c1nc3c(C(N)=O)cccc3[nH]1)CC2. The third-order valence-corrected chi connectivity index (χ3v) is 5.73. The number of rotatable bonds is 4. The summed E-state index contributed by atoms with van der Waals surface area (Å²) in [5.41, 5.74) is 7.66. The van der Waals surface area contributed by atoms with Gasteiger partial charge in [-0.05, 0) is 56.7 Å². The van der Waals surface area contributed by atoms with Crippen molar-refractivity contribution >= 4 is 16.9 Å². The monoisotopic (exact) mass is 312 g/mol. The van der Waals surface area contributed by atoms with Gasteiger partial charge in [-0.1, -0.05) is 13.0 Å². The lowest BCUT2D eigenvalue weighted by molar-refractivity contribution is -0.0438. The first kappa shape index (κ1) is 14.7. The Labute approximate surface area is 136 Å². The molecule has 0 spiro atoms. The van der Waals surface area contributed by atoms with Crippen LogP contribution in [0.3, 0.4) is 0 Å². The van der Waals surface area contributed by atoms with E-state index in [0.29, 0.717) is 11.1 Å². The van der Waals surface area contributed by atoms with Crippen molar-refractivity contribution in [2.24, 2.45) is 11.7 Å². The molecule has 0 unspecified atom stereocenters. The molecule has 3 N–H and O–H groups in total. The van der Waals surface area contributed by atoms with Crippen molar-refractivity contribution < 1.29 is 4.79 Å². The van der Waals surface area contributed by atoms with Crippen molar-refractivity contribution in [3.63, 3.8) is 0 Å². The Hall–Kier alpha value is -1.88. The largest absolute Gasteiger partial charge is 0.366 e. The zero-order valence-electron chi connectivity index (χ0n) is 13.6. The molecule has 5 nitrogen and oxygen atoms in total. The Bertz CT molecular complexity index is 743. The number of nitrogens with zero attached hydrogens (tertiary/aromatic N) is 2. The minimum atomic E-state index is -0.413. The summed E-state index contributed by atoms with van der Waals surface area (Å²) in [6.07, 6.45) is 6.02. The van der Waals surface area contributed by atoms with Crippen molar-refractivity contribution in [3.8, 4) is 0 Å². The van der Waals surface area contributed by atoms with E-state index < -0.39 is 5.91 Å². The lowest BCUT2D eigenvalue weighted by Crippen LogP contribution is -2.56. The number of carbonyl (C=O) groups excluding carboxylic acids is 1. The number of amides is 1. The van der Waals surface area contributed by atoms with Gasteiger partial charge in [0.2, 0.25) is 0 Å². The second-order valence-corrected chi connectivity index (χ2v) is 7.07. The maximum absolute atomic E-state index is 11.7. The molecule has 1 saturated carbocycles. The highest BCUT2D eigenvalue weighted by Gasteiger charge is 2.48. The van der Waals surface area contributed by atoms with Gasteiger partial charge in [0, 0.05) is 6.54 Å². The predicted octanol–water partition coefficient (Wildman–Crippen LogP) is 2.77. The van der Waals surface area contributed by atoms with E-state index in [1.54, 1.807) is 6.07 Å². The highest BCUT2D eigenvalue weighted by Crippen LogP contribution is 2.48. The van der Waals surface area contributed by atoms with Crippen LogP contribution < -0.4 is 5.73 Å². The van der Waals surface area contributed by atoms with E-state index in [-0.39, 0.29) is 5.54 Å². The summed E-state index contributed by atoms with van der Waals surface area (Å²) in [4.78, 5) is 22.7. The van der Waals surface area contributed by atoms with Gasteiger partial charge in [-0.3, -0.25) is 9.69 Å². The molecule has 2 saturated heterocycles. The third-order valence-electron chi connectivity index (χ3n) is 5.73. The number of carbonyl (C=O) groups is 1. The Morgan fingerprint density at radius 1 is 1.43 bits per heavy atom. The molecule has 122 valence electrons. The summed E-state index contributed by atoms with van der Waals surface area (Å²) < 4.78 is 0. The maximum atomic E-state index is 11.7. The molecule has 23 heavy (non-hydrogen) atoms. The summed E-state index contributed by atoms with van der Waals surface area (Å²) >= 11 is 0. The van der Waals surface area contributed by atoms with Crippen LogP contribution in [0.5, 0.6) is 0 Å². The van der Waals surface area contributed by atoms with Gasteiger partial charge in [0.15, 0.2) is 0 Å². The molecule has 3 aliphatic rings. The summed E-state index contributed by atoms with van der Waals surface area (Å²) in [7, 11) is 0. The standard InChI is InChI=1S/C18H24N4O/c1-2-10-22-11-12-6-8-18(22,9-7-12)17-20-14-5-3-4-13(16(19)23)15(14)21-17/h3-5,12H,2,6-11H2,1H3,(H2,19,23)(H,20,21). The third kappa shape index (κ3) is 2.17. The number of nitrogens with one attached hydrogen (secondary N) is 1. The topological polar surface area (TPSA) is 75.0 Å². The van der Waals surface area contributed by atoms with Gasteiger partial charge in [0.1, 0.15) is 11.3 Å². The molecule has 1 amide bonds. The Morgan fingerprint density at radius 2 is 2.22 bits per heavy atom. The number of hydrogen-bond donors (Lipinski definition) is 2. The van der Waals surface area contributed by atoms with Gasteiger partial charge in [0.25, 0.3) is 5.91 Å². The zero-order chi connectivity index (χ0) is 16.0. The lowest BCUT2D eigenvalue weighted by atomic mass is 9.70. The molecular formula is C18H24N4O. The Kier molecular flexibility index (Phi) is 3.41. The van der Waals surface area contributed by atoms with E-state index in [2.05, 4.69) is 16.8 Å². The summed E-state index contributed by atoms with van der Waals surface area (Å²) in [6.45, 7) is 4.52. The summed E-state index contributed by atoms with van der Waals surface area (Å²) in [5, 5.41) is 0. The van der Waals surface area contributed by atoms with Crippen LogP contribution in [-0.2, 0) is 5.54 Å². The quantitative estimate of drug-likeness (QED) is 0.911. The van der Waals surface area contributed by atoms with E-state index >= 15 is 0 Å². The van der Waals surface area contributed by atoms with Crippen LogP contribution in [0.4, 0.5) is 0 Å². The first-order valence-electron chi connectivity index (χ1n) is 8.68. The molecule has 2 aliphatic heterocycles. The van der Waals surface area contributed by atoms with Crippen LogP contribution in [0, 0.1) is 5.92 Å². The smallest absolute Gasteiger partial charge is 0.250 e. The van der Waals surface area contributed by atoms with Crippen molar-refractivity contribution in [1.29, 1.82) is 0 Å². The van der Waals surface area contributed by atoms with E-state index in [1.165, 1.54) is 19.4 Å². The number of primary amides is 1. The van der Waals surface area contributed by atoms with Crippen molar-refractivity contribution in [3.05, 3.63) is 29.6 Å². The molecule has 3 heterocycles. The number of benzene rings is 1. The second-order valence-electron chi connectivity index (χ2n) is 7.07. The summed E-state index contributed by atoms with van der Waals surface area (Å²) in [6, 6.07) is 5.60. The molecule has 2 bridgehead atoms. The Morgan fingerprint density at radius 3 is 2.91 bits per heavy atom. The molecular weight excluding hydrogens is 288 g/mol. The normalized spacial score (nSPS) is 27.6. The number of nitrogens with two attached hydrogens (primary N) is 1. The van der Waals surface area contributed by atoms with Crippen LogP contribution in [0.15, 0.2) is 18.2 Å². The number of aromatic amines is 1. The summed E-state index contributed by atoms with van der Waals surface area (Å²) in [5.74, 6) is 1.45. The second kappa shape index (κ2) is 5.34. The van der Waals surface area contributed by atoms with E-state index in [1.807, 2.05) is 12.1 Å². The minimum absolute atomic E-state index is 0.0126. The van der Waals surface area contributed by atoms with E-state index in [4.69, 9.17) is 10.7 Å². The van der Waals surface area contributed by atoms with E-state index in [0.717, 1.165) is 43.1 Å². The van der Waals surface area contributed by atoms with Gasteiger partial charge < -0.3 is 10.7 Å². The molecule has 5 heteroatoms. The number of fused-ring (bicyclic) bond motifs is 4. The fourth-order valence-corrected chi connectivity index (χ4v) is 4.55. The van der Waals surface area contributed by atoms with Gasteiger partial charge in [-0.25, -0.2) is 4.98 Å². The minimum Gasteiger partial charge on any atom is -0.366 e. The number of piperidine rings is 2. The van der Waals surface area contributed by atoms with Crippen molar-refractivity contribution in [2.45, 2.75) is 44.6 Å². The molecule has 1 aliphatic carbocycles. The number of hydrogen-bond acceptors (Lipinski definition) is 3. The molecule has 1 aromatic carbocycles. The van der Waals surface area contributed by atoms with Crippen LogP contribution in [-0.4, -0.2) is 33.9 Å². The highest BCUT2D eigenvalue weighted by atomic mass is 16.1. The van der Waals surface area contributed by atoms with Gasteiger partial charge in [0.05, 0.1) is 16.6 Å². The molecule has 0 atom stereocenters. The Balaban J connectivity index is 1.83. The first-order chi connectivity index (χ1) is 11.1. The molecule has 5 rings (SSSR count). The van der Waals surface area contributed by atoms with Crippen LogP contribution >= 0.6 is 0 Å². The fraction of sp³-hybridized carbons (Fsp3) is 0.556. The maximum Gasteiger partial charge on any atom is 0.250 e. The van der Waals surface area contributed by atoms with Crippen molar-refractivity contribution in [2.75, 3.05) is 13.1 Å². The van der Waals surface area contributed by atoms with Gasteiger partial charge >= 0.3 is 0 Å². The van der Waals surface area contributed by atoms with Gasteiger partial charge in [-0.15, -0.1) is 0 Å². The fourth-order valence-electron chi connectivity index (χ4n) is 4.55. The van der Waals surface area contributed by atoms with Crippen LogP contribution in [0.1, 0.15) is 55.2 Å². The molecule has 1 aromatic heterocycles. The predicted molar refractivity (Wildman–Crippen MR) is 90.1 cm³/mol. The average Bonchev–Trinajstić information content (AvgIpc) is 3.01. The van der Waals surface area contributed by atoms with Gasteiger partial charge in [-0.2, -0.15) is 0 Å².